The summed E-state index contributed by atoms with van der Waals surface area (Å²) < 4.78 is 0. The summed E-state index contributed by atoms with van der Waals surface area (Å²) in [6.45, 7) is 12.1. The Balaban J connectivity index is 2.68. The average Bonchev–Trinajstić information content (AvgIpc) is 2.59. The molecule has 0 unspecified atom stereocenters. The summed E-state index contributed by atoms with van der Waals surface area (Å²) in [5, 5.41) is 5.55. The summed E-state index contributed by atoms with van der Waals surface area (Å²) in [4.78, 5) is 0. The van der Waals surface area contributed by atoms with Crippen molar-refractivity contribution in [3.05, 3.63) is 35.2 Å². The molecule has 0 bridgehead atoms. The van der Waals surface area contributed by atoms with Gasteiger partial charge in [0.25, 0.3) is 0 Å². The molecule has 22 heavy (non-hydrogen) atoms. The summed E-state index contributed by atoms with van der Waals surface area (Å²) in [6, 6.07) is 15.1. The highest BCUT2D eigenvalue weighted by Gasteiger charge is 2.46. The summed E-state index contributed by atoms with van der Waals surface area (Å²) in [5.41, 5.74) is 2.89. The molecular formula is C20H34Si2. The second-order valence-corrected chi connectivity index (χ2v) is 16.3. The van der Waals surface area contributed by atoms with Gasteiger partial charge in [0.2, 0.25) is 0 Å². The zero-order valence-corrected chi connectivity index (χ0v) is 17.3. The molecule has 1 aliphatic heterocycles. The van der Waals surface area contributed by atoms with Crippen LogP contribution >= 0.6 is 0 Å². The third kappa shape index (κ3) is 2.69. The lowest BCUT2D eigenvalue weighted by Crippen LogP contribution is -2.66. The van der Waals surface area contributed by atoms with E-state index in [1.165, 1.54) is 43.4 Å². The summed E-state index contributed by atoms with van der Waals surface area (Å²) in [5.74, 6) is 0. The standard InChI is InChI=1S/C20H34Si2/c1-6-11-14-18-17-21(7-2,8-3)19-15-12-13-16-20(19)22(18,9-4)10-5/h12-13,15-17H,6-11,14H2,1-5H3. The average molecular weight is 331 g/mol. The minimum atomic E-state index is -1.44. The van der Waals surface area contributed by atoms with Crippen LogP contribution in [0.5, 0.6) is 0 Å². The van der Waals surface area contributed by atoms with Crippen LogP contribution in [0.15, 0.2) is 35.2 Å². The molecule has 122 valence electrons. The van der Waals surface area contributed by atoms with E-state index in [9.17, 15) is 0 Å². The number of fused-ring (bicyclic) bond motifs is 1. The van der Waals surface area contributed by atoms with Crippen LogP contribution in [0.2, 0.25) is 24.2 Å². The van der Waals surface area contributed by atoms with Crippen molar-refractivity contribution in [3.8, 4) is 0 Å². The van der Waals surface area contributed by atoms with Gasteiger partial charge in [-0.05, 0) is 6.42 Å². The maximum atomic E-state index is 2.89. The number of hydrogen-bond acceptors (Lipinski definition) is 0. The third-order valence-corrected chi connectivity index (χ3v) is 17.3. The lowest BCUT2D eigenvalue weighted by atomic mass is 10.2. The number of hydrogen-bond donors (Lipinski definition) is 0. The fourth-order valence-electron chi connectivity index (χ4n) is 4.66. The molecule has 0 N–H and O–H groups in total. The summed E-state index contributed by atoms with van der Waals surface area (Å²) in [7, 11) is -2.86. The van der Waals surface area contributed by atoms with E-state index in [4.69, 9.17) is 0 Å². The van der Waals surface area contributed by atoms with Crippen LogP contribution in [0, 0.1) is 0 Å². The lowest BCUT2D eigenvalue weighted by Gasteiger charge is -2.45. The van der Waals surface area contributed by atoms with Gasteiger partial charge >= 0.3 is 0 Å². The fraction of sp³-hybridized carbons (Fsp3) is 0.600. The topological polar surface area (TPSA) is 0 Å². The first-order valence-corrected chi connectivity index (χ1v) is 14.4. The highest BCUT2D eigenvalue weighted by molar-refractivity contribution is 7.09. The summed E-state index contributed by atoms with van der Waals surface area (Å²) in [6.07, 6.45) is 4.07. The molecule has 2 rings (SSSR count). The Labute approximate surface area is 140 Å². The number of rotatable bonds is 7. The van der Waals surface area contributed by atoms with Gasteiger partial charge in [-0.2, -0.15) is 0 Å². The van der Waals surface area contributed by atoms with Crippen molar-refractivity contribution in [2.75, 3.05) is 0 Å². The molecule has 0 saturated carbocycles. The first-order valence-electron chi connectivity index (χ1n) is 9.46. The molecule has 0 saturated heterocycles. The molecule has 1 aliphatic rings. The molecule has 0 nitrogen and oxygen atoms in total. The van der Waals surface area contributed by atoms with Crippen molar-refractivity contribution < 1.29 is 0 Å². The first kappa shape index (κ1) is 17.7. The van der Waals surface area contributed by atoms with Gasteiger partial charge in [0.15, 0.2) is 0 Å². The SMILES string of the molecule is CCCCC1=C[Si](CC)(CC)c2ccccc2[Si]1(CC)CC. The van der Waals surface area contributed by atoms with Gasteiger partial charge in [-0.3, -0.25) is 0 Å². The third-order valence-electron chi connectivity index (χ3n) is 6.31. The highest BCUT2D eigenvalue weighted by atomic mass is 28.3. The molecule has 0 amide bonds. The number of unbranched alkanes of at least 4 members (excludes halogenated alkanes) is 1. The number of allylic oxidation sites excluding steroid dienone is 1. The van der Waals surface area contributed by atoms with Gasteiger partial charge in [0.1, 0.15) is 16.1 Å². The molecule has 0 radical (unpaired) electrons. The second kappa shape index (κ2) is 7.31. The maximum Gasteiger partial charge on any atom is 0.112 e. The van der Waals surface area contributed by atoms with Crippen LogP contribution in [0.1, 0.15) is 53.9 Å². The lowest BCUT2D eigenvalue weighted by molar-refractivity contribution is 0.801. The van der Waals surface area contributed by atoms with Crippen molar-refractivity contribution in [1.29, 1.82) is 0 Å². The molecule has 0 aliphatic carbocycles. The second-order valence-electron chi connectivity index (χ2n) is 6.97. The van der Waals surface area contributed by atoms with Gasteiger partial charge < -0.3 is 0 Å². The Bertz CT molecular complexity index is 522. The Morgan fingerprint density at radius 2 is 1.36 bits per heavy atom. The molecule has 0 fully saturated rings. The van der Waals surface area contributed by atoms with E-state index in [1.54, 1.807) is 5.19 Å². The first-order chi connectivity index (χ1) is 10.6. The maximum absolute atomic E-state index is 2.89. The van der Waals surface area contributed by atoms with E-state index in [-0.39, 0.29) is 0 Å². The van der Waals surface area contributed by atoms with E-state index >= 15 is 0 Å². The predicted octanol–water partition coefficient (Wildman–Crippen LogP) is 5.29. The van der Waals surface area contributed by atoms with E-state index in [2.05, 4.69) is 64.6 Å². The van der Waals surface area contributed by atoms with Crippen LogP contribution in [-0.2, 0) is 0 Å². The van der Waals surface area contributed by atoms with Crippen LogP contribution in [0.25, 0.3) is 0 Å². The zero-order valence-electron chi connectivity index (χ0n) is 15.3. The van der Waals surface area contributed by atoms with Crippen molar-refractivity contribution in [3.63, 3.8) is 0 Å². The van der Waals surface area contributed by atoms with E-state index in [0.717, 1.165) is 0 Å². The smallest absolute Gasteiger partial charge is 0.0942 e. The van der Waals surface area contributed by atoms with Crippen molar-refractivity contribution >= 4 is 26.5 Å². The van der Waals surface area contributed by atoms with E-state index in [1.807, 2.05) is 10.4 Å². The minimum absolute atomic E-state index is 1.32. The highest BCUT2D eigenvalue weighted by Crippen LogP contribution is 2.35. The molecule has 1 aromatic rings. The van der Waals surface area contributed by atoms with Crippen molar-refractivity contribution in [2.24, 2.45) is 0 Å². The Morgan fingerprint density at radius 1 is 0.773 bits per heavy atom. The van der Waals surface area contributed by atoms with Crippen LogP contribution < -0.4 is 10.4 Å². The quantitative estimate of drug-likeness (QED) is 0.596. The minimum Gasteiger partial charge on any atom is -0.0942 e. The molecular weight excluding hydrogens is 296 g/mol. The van der Waals surface area contributed by atoms with E-state index in [0.29, 0.717) is 0 Å². The Morgan fingerprint density at radius 3 is 1.86 bits per heavy atom. The van der Waals surface area contributed by atoms with Gasteiger partial charge in [-0.15, -0.1) is 0 Å². The molecule has 1 heterocycles. The van der Waals surface area contributed by atoms with Crippen LogP contribution in [0.3, 0.4) is 0 Å². The molecule has 2 heteroatoms. The number of benzene rings is 1. The van der Waals surface area contributed by atoms with Crippen molar-refractivity contribution in [1.82, 2.24) is 0 Å². The zero-order chi connectivity index (χ0) is 16.2. The van der Waals surface area contributed by atoms with Gasteiger partial charge in [0, 0.05) is 0 Å². The normalized spacial score (nSPS) is 18.7. The van der Waals surface area contributed by atoms with Gasteiger partial charge in [0.05, 0.1) is 0 Å². The molecule has 0 atom stereocenters. The summed E-state index contributed by atoms with van der Waals surface area (Å²) >= 11 is 0. The van der Waals surface area contributed by atoms with E-state index < -0.39 is 16.1 Å². The fourth-order valence-corrected chi connectivity index (χ4v) is 15.9. The van der Waals surface area contributed by atoms with Gasteiger partial charge in [-0.25, -0.2) is 0 Å². The Hall–Kier alpha value is -0.606. The van der Waals surface area contributed by atoms with Gasteiger partial charge in [-0.1, -0.05) is 117 Å². The van der Waals surface area contributed by atoms with Crippen LogP contribution in [-0.4, -0.2) is 16.1 Å². The Kier molecular flexibility index (Phi) is 5.90. The monoisotopic (exact) mass is 330 g/mol. The largest absolute Gasteiger partial charge is 0.112 e. The predicted molar refractivity (Wildman–Crippen MR) is 107 cm³/mol. The molecule has 0 aromatic heterocycles. The molecule has 0 spiro atoms. The van der Waals surface area contributed by atoms with Crippen molar-refractivity contribution in [2.45, 2.75) is 78.1 Å². The molecule has 1 aromatic carbocycles. The van der Waals surface area contributed by atoms with Crippen LogP contribution in [0.4, 0.5) is 0 Å².